The first-order chi connectivity index (χ1) is 11.0. The molecule has 24 heavy (non-hydrogen) atoms. The Kier molecular flexibility index (Phi) is 5.04. The van der Waals surface area contributed by atoms with Gasteiger partial charge in [-0.05, 0) is 12.0 Å². The number of alkyl halides is 3. The van der Waals surface area contributed by atoms with E-state index in [4.69, 9.17) is 5.11 Å². The molecule has 2 heterocycles. The number of sulfonamides is 1. The molecule has 1 aromatic rings. The Morgan fingerprint density at radius 1 is 1.42 bits per heavy atom. The third-order valence-electron chi connectivity index (χ3n) is 3.63. The molecular weight excluding hydrogens is 353 g/mol. The summed E-state index contributed by atoms with van der Waals surface area (Å²) < 4.78 is 66.5. The van der Waals surface area contributed by atoms with E-state index >= 15 is 0 Å². The predicted molar refractivity (Wildman–Crippen MR) is 74.8 cm³/mol. The summed E-state index contributed by atoms with van der Waals surface area (Å²) in [7, 11) is -3.97. The van der Waals surface area contributed by atoms with Crippen molar-refractivity contribution in [1.29, 1.82) is 0 Å². The number of carboxylic acid groups (broad SMARTS) is 1. The fourth-order valence-corrected chi connectivity index (χ4v) is 3.86. The number of nitrogens with zero attached hydrogens (tertiary/aromatic N) is 2. The Labute approximate surface area is 136 Å². The van der Waals surface area contributed by atoms with E-state index in [9.17, 15) is 26.4 Å². The van der Waals surface area contributed by atoms with Crippen LogP contribution >= 0.6 is 0 Å². The minimum absolute atomic E-state index is 0.0472. The SMILES string of the molecule is C[C@@H]1CN(S(=O)(=O)c2ccc(OCC(F)(F)F)nc2)C[C@H]1C(=O)O. The molecular formula is C13H15F3N2O5S. The molecule has 1 saturated heterocycles. The number of aliphatic carboxylic acids is 1. The molecule has 0 aliphatic carbocycles. The number of hydrogen-bond donors (Lipinski definition) is 1. The average Bonchev–Trinajstić information content (AvgIpc) is 2.88. The molecule has 1 aliphatic heterocycles. The van der Waals surface area contributed by atoms with E-state index in [0.29, 0.717) is 0 Å². The van der Waals surface area contributed by atoms with E-state index in [2.05, 4.69) is 9.72 Å². The number of carbonyl (C=O) groups is 1. The van der Waals surface area contributed by atoms with Gasteiger partial charge in [0.05, 0.1) is 12.1 Å². The fraction of sp³-hybridized carbons (Fsp3) is 0.538. The first-order valence-electron chi connectivity index (χ1n) is 6.89. The van der Waals surface area contributed by atoms with Crippen molar-refractivity contribution in [2.24, 2.45) is 11.8 Å². The Morgan fingerprint density at radius 2 is 2.08 bits per heavy atom. The van der Waals surface area contributed by atoms with Crippen molar-refractivity contribution in [3.8, 4) is 5.88 Å². The van der Waals surface area contributed by atoms with Crippen molar-refractivity contribution in [3.63, 3.8) is 0 Å². The lowest BCUT2D eigenvalue weighted by atomic mass is 9.99. The second-order valence-corrected chi connectivity index (χ2v) is 7.42. The third-order valence-corrected chi connectivity index (χ3v) is 5.44. The van der Waals surface area contributed by atoms with Crippen LogP contribution in [-0.4, -0.2) is 54.7 Å². The molecule has 1 fully saturated rings. The molecule has 1 N–H and O–H groups in total. The predicted octanol–water partition coefficient (Wildman–Crippen LogP) is 1.36. The summed E-state index contributed by atoms with van der Waals surface area (Å²) in [5.74, 6) is -2.58. The van der Waals surface area contributed by atoms with Crippen molar-refractivity contribution in [2.75, 3.05) is 19.7 Å². The Hall–Kier alpha value is -1.88. The summed E-state index contributed by atoms with van der Waals surface area (Å²) in [4.78, 5) is 14.4. The van der Waals surface area contributed by atoms with E-state index in [1.807, 2.05) is 0 Å². The van der Waals surface area contributed by atoms with Crippen LogP contribution < -0.4 is 4.74 Å². The van der Waals surface area contributed by atoms with Crippen LogP contribution in [0.15, 0.2) is 23.2 Å². The molecule has 0 aromatic carbocycles. The van der Waals surface area contributed by atoms with Crippen molar-refractivity contribution >= 4 is 16.0 Å². The molecule has 0 unspecified atom stereocenters. The van der Waals surface area contributed by atoms with Crippen LogP contribution in [0.4, 0.5) is 13.2 Å². The number of halogens is 3. The summed E-state index contributed by atoms with van der Waals surface area (Å²) in [5, 5.41) is 9.06. The van der Waals surface area contributed by atoms with Crippen molar-refractivity contribution in [1.82, 2.24) is 9.29 Å². The van der Waals surface area contributed by atoms with Crippen LogP contribution in [0, 0.1) is 11.8 Å². The minimum Gasteiger partial charge on any atom is -0.481 e. The maximum Gasteiger partial charge on any atom is 0.422 e. The van der Waals surface area contributed by atoms with E-state index < -0.39 is 34.7 Å². The van der Waals surface area contributed by atoms with Crippen LogP contribution in [-0.2, 0) is 14.8 Å². The first kappa shape index (κ1) is 18.5. The largest absolute Gasteiger partial charge is 0.481 e. The van der Waals surface area contributed by atoms with E-state index in [0.717, 1.165) is 22.6 Å². The smallest absolute Gasteiger partial charge is 0.422 e. The van der Waals surface area contributed by atoms with Gasteiger partial charge >= 0.3 is 12.1 Å². The summed E-state index contributed by atoms with van der Waals surface area (Å²) >= 11 is 0. The second-order valence-electron chi connectivity index (χ2n) is 5.48. The minimum atomic E-state index is -4.52. The molecule has 0 spiro atoms. The molecule has 0 bridgehead atoms. The van der Waals surface area contributed by atoms with Crippen LogP contribution in [0.2, 0.25) is 0 Å². The van der Waals surface area contributed by atoms with Crippen LogP contribution in [0.25, 0.3) is 0 Å². The highest BCUT2D eigenvalue weighted by atomic mass is 32.2. The van der Waals surface area contributed by atoms with Crippen molar-refractivity contribution in [2.45, 2.75) is 18.0 Å². The van der Waals surface area contributed by atoms with Gasteiger partial charge in [-0.15, -0.1) is 0 Å². The normalized spacial score (nSPS) is 22.5. The third kappa shape index (κ3) is 4.15. The molecule has 2 atom stereocenters. The van der Waals surface area contributed by atoms with Crippen LogP contribution in [0.5, 0.6) is 5.88 Å². The van der Waals surface area contributed by atoms with E-state index in [1.54, 1.807) is 6.92 Å². The summed E-state index contributed by atoms with van der Waals surface area (Å²) in [5.41, 5.74) is 0. The lowest BCUT2D eigenvalue weighted by Gasteiger charge is -2.16. The van der Waals surface area contributed by atoms with Gasteiger partial charge in [0.1, 0.15) is 4.90 Å². The highest BCUT2D eigenvalue weighted by Gasteiger charge is 2.40. The number of ether oxygens (including phenoxy) is 1. The number of carboxylic acids is 1. The summed E-state index contributed by atoms with van der Waals surface area (Å²) in [6, 6.07) is 2.10. The van der Waals surface area contributed by atoms with Gasteiger partial charge in [-0.3, -0.25) is 4.79 Å². The molecule has 7 nitrogen and oxygen atoms in total. The molecule has 2 rings (SSSR count). The summed E-state index contributed by atoms with van der Waals surface area (Å²) in [6.45, 7) is -0.00650. The molecule has 1 aromatic heterocycles. The topological polar surface area (TPSA) is 96.8 Å². The van der Waals surface area contributed by atoms with Crippen molar-refractivity contribution < 1.29 is 36.2 Å². The Balaban J connectivity index is 2.12. The molecule has 1 aliphatic rings. The zero-order chi connectivity index (χ0) is 18.1. The van der Waals surface area contributed by atoms with Gasteiger partial charge in [-0.25, -0.2) is 13.4 Å². The number of rotatable bonds is 5. The average molecular weight is 368 g/mol. The molecule has 0 saturated carbocycles. The zero-order valence-electron chi connectivity index (χ0n) is 12.5. The fourth-order valence-electron chi connectivity index (χ4n) is 2.35. The van der Waals surface area contributed by atoms with Gasteiger partial charge in [0, 0.05) is 19.2 Å². The van der Waals surface area contributed by atoms with Gasteiger partial charge in [-0.1, -0.05) is 6.92 Å². The van der Waals surface area contributed by atoms with Crippen LogP contribution in [0.3, 0.4) is 0 Å². The quantitative estimate of drug-likeness (QED) is 0.843. The molecule has 11 heteroatoms. The first-order valence-corrected chi connectivity index (χ1v) is 8.33. The van der Waals surface area contributed by atoms with Crippen molar-refractivity contribution in [3.05, 3.63) is 18.3 Å². The lowest BCUT2D eigenvalue weighted by molar-refractivity contribution is -0.154. The Bertz CT molecular complexity index is 705. The highest BCUT2D eigenvalue weighted by molar-refractivity contribution is 7.89. The summed E-state index contributed by atoms with van der Waals surface area (Å²) in [6.07, 6.45) is -3.64. The van der Waals surface area contributed by atoms with E-state index in [-0.39, 0.29) is 29.8 Å². The monoisotopic (exact) mass is 368 g/mol. The van der Waals surface area contributed by atoms with Gasteiger partial charge in [0.2, 0.25) is 15.9 Å². The second kappa shape index (κ2) is 6.55. The van der Waals surface area contributed by atoms with Gasteiger partial charge in [-0.2, -0.15) is 17.5 Å². The molecule has 0 amide bonds. The van der Waals surface area contributed by atoms with Crippen LogP contribution in [0.1, 0.15) is 6.92 Å². The molecule has 0 radical (unpaired) electrons. The standard InChI is InChI=1S/C13H15F3N2O5S/c1-8-5-18(6-10(8)12(19)20)24(21,22)9-2-3-11(17-4-9)23-7-13(14,15)16/h2-4,8,10H,5-7H2,1H3,(H,19,20)/t8-,10-/m1/s1. The van der Waals surface area contributed by atoms with E-state index in [1.165, 1.54) is 0 Å². The Morgan fingerprint density at radius 3 is 2.54 bits per heavy atom. The van der Waals surface area contributed by atoms with Gasteiger partial charge < -0.3 is 9.84 Å². The maximum atomic E-state index is 12.4. The number of aromatic nitrogens is 1. The van der Waals surface area contributed by atoms with Gasteiger partial charge in [0.15, 0.2) is 6.61 Å². The lowest BCUT2D eigenvalue weighted by Crippen LogP contribution is -2.30. The zero-order valence-corrected chi connectivity index (χ0v) is 13.3. The number of pyridine rings is 1. The number of hydrogen-bond acceptors (Lipinski definition) is 5. The maximum absolute atomic E-state index is 12.4. The van der Waals surface area contributed by atoms with Gasteiger partial charge in [0.25, 0.3) is 0 Å². The molecule has 134 valence electrons. The highest BCUT2D eigenvalue weighted by Crippen LogP contribution is 2.29.